The molecule has 92 valence electrons. The van der Waals surface area contributed by atoms with Gasteiger partial charge in [0.1, 0.15) is 5.82 Å². The molecule has 3 heteroatoms. The molecule has 1 nitrogen and oxygen atoms in total. The molecular weight excluding hydrogens is 249 g/mol. The van der Waals surface area contributed by atoms with E-state index >= 15 is 0 Å². The number of nitrogens with two attached hydrogens (primary N) is 1. The van der Waals surface area contributed by atoms with Crippen molar-refractivity contribution in [2.24, 2.45) is 5.73 Å². The smallest absolute Gasteiger partial charge is 0.123 e. The van der Waals surface area contributed by atoms with E-state index in [0.717, 1.165) is 24.0 Å². The summed E-state index contributed by atoms with van der Waals surface area (Å²) in [6.07, 6.45) is 1.97. The van der Waals surface area contributed by atoms with Gasteiger partial charge in [0.2, 0.25) is 0 Å². The number of fused-ring (bicyclic) bond motifs is 1. The Morgan fingerprint density at radius 1 is 1.17 bits per heavy atom. The minimum absolute atomic E-state index is 0.136. The maximum atomic E-state index is 13.3. The maximum Gasteiger partial charge on any atom is 0.123 e. The Labute approximate surface area is 110 Å². The molecular formula is C15H13ClFN. The first kappa shape index (κ1) is 11.7. The van der Waals surface area contributed by atoms with Gasteiger partial charge >= 0.3 is 0 Å². The summed E-state index contributed by atoms with van der Waals surface area (Å²) in [6.45, 7) is 0. The molecule has 0 saturated heterocycles. The van der Waals surface area contributed by atoms with Crippen molar-refractivity contribution in [3.8, 4) is 11.1 Å². The fourth-order valence-corrected chi connectivity index (χ4v) is 2.76. The van der Waals surface area contributed by atoms with Crippen LogP contribution in [0.4, 0.5) is 4.39 Å². The Hall–Kier alpha value is -1.38. The molecule has 0 aliphatic heterocycles. The fraction of sp³-hybridized carbons (Fsp3) is 0.200. The lowest BCUT2D eigenvalue weighted by Crippen LogP contribution is -2.04. The van der Waals surface area contributed by atoms with E-state index in [2.05, 4.69) is 6.07 Å². The number of hydrogen-bond acceptors (Lipinski definition) is 1. The van der Waals surface area contributed by atoms with Crippen LogP contribution in [0.15, 0.2) is 36.4 Å². The molecule has 0 fully saturated rings. The molecule has 0 saturated carbocycles. The van der Waals surface area contributed by atoms with E-state index in [9.17, 15) is 4.39 Å². The van der Waals surface area contributed by atoms with Crippen LogP contribution in [0.3, 0.4) is 0 Å². The van der Waals surface area contributed by atoms with E-state index in [1.54, 1.807) is 6.07 Å². The molecule has 0 heterocycles. The Balaban J connectivity index is 2.10. The molecule has 2 aromatic carbocycles. The molecule has 1 atom stereocenters. The highest BCUT2D eigenvalue weighted by atomic mass is 35.5. The monoisotopic (exact) mass is 261 g/mol. The zero-order chi connectivity index (χ0) is 12.7. The molecule has 1 aliphatic carbocycles. The first-order valence-electron chi connectivity index (χ1n) is 5.99. The summed E-state index contributed by atoms with van der Waals surface area (Å²) in [7, 11) is 0. The average Bonchev–Trinajstić information content (AvgIpc) is 2.74. The van der Waals surface area contributed by atoms with Gasteiger partial charge in [-0.25, -0.2) is 4.39 Å². The van der Waals surface area contributed by atoms with Crippen molar-refractivity contribution in [2.75, 3.05) is 0 Å². The van der Waals surface area contributed by atoms with Crippen molar-refractivity contribution in [3.63, 3.8) is 0 Å². The van der Waals surface area contributed by atoms with E-state index in [4.69, 9.17) is 17.3 Å². The van der Waals surface area contributed by atoms with E-state index in [-0.39, 0.29) is 11.9 Å². The van der Waals surface area contributed by atoms with Crippen LogP contribution < -0.4 is 5.73 Å². The Bertz CT molecular complexity index is 609. The molecule has 0 aromatic heterocycles. The van der Waals surface area contributed by atoms with Crippen molar-refractivity contribution >= 4 is 11.6 Å². The normalized spacial score (nSPS) is 17.8. The standard InChI is InChI=1S/C15H13ClFN/c16-14-5-3-11(17)8-13(14)10-1-4-12-9(7-10)2-6-15(12)18/h1,3-5,7-8,15H,2,6,18H2. The van der Waals surface area contributed by atoms with Gasteiger partial charge in [0.15, 0.2) is 0 Å². The van der Waals surface area contributed by atoms with E-state index < -0.39 is 0 Å². The summed E-state index contributed by atoms with van der Waals surface area (Å²) in [4.78, 5) is 0. The molecule has 0 bridgehead atoms. The molecule has 0 spiro atoms. The first-order chi connectivity index (χ1) is 8.65. The maximum absolute atomic E-state index is 13.3. The summed E-state index contributed by atoms with van der Waals surface area (Å²) < 4.78 is 13.3. The predicted molar refractivity (Wildman–Crippen MR) is 72.1 cm³/mol. The second kappa shape index (κ2) is 4.38. The molecule has 2 aromatic rings. The van der Waals surface area contributed by atoms with Gasteiger partial charge in [-0.05, 0) is 47.7 Å². The van der Waals surface area contributed by atoms with Gasteiger partial charge in [0.05, 0.1) is 0 Å². The minimum Gasteiger partial charge on any atom is -0.324 e. The van der Waals surface area contributed by atoms with E-state index in [0.29, 0.717) is 5.02 Å². The summed E-state index contributed by atoms with van der Waals surface area (Å²) in [5, 5.41) is 0.568. The van der Waals surface area contributed by atoms with Gasteiger partial charge < -0.3 is 5.73 Å². The van der Waals surface area contributed by atoms with Gasteiger partial charge in [-0.15, -0.1) is 0 Å². The molecule has 0 radical (unpaired) electrons. The molecule has 18 heavy (non-hydrogen) atoms. The third-order valence-corrected chi connectivity index (χ3v) is 3.84. The van der Waals surface area contributed by atoms with Crippen LogP contribution in [0.5, 0.6) is 0 Å². The van der Waals surface area contributed by atoms with Crippen LogP contribution in [0, 0.1) is 5.82 Å². The quantitative estimate of drug-likeness (QED) is 0.822. The topological polar surface area (TPSA) is 26.0 Å². The largest absolute Gasteiger partial charge is 0.324 e. The zero-order valence-corrected chi connectivity index (χ0v) is 10.5. The Morgan fingerprint density at radius 3 is 2.83 bits per heavy atom. The summed E-state index contributed by atoms with van der Waals surface area (Å²) in [6, 6.07) is 10.6. The Morgan fingerprint density at radius 2 is 2.00 bits per heavy atom. The molecule has 3 rings (SSSR count). The first-order valence-corrected chi connectivity index (χ1v) is 6.37. The molecule has 2 N–H and O–H groups in total. The third kappa shape index (κ3) is 1.92. The van der Waals surface area contributed by atoms with Crippen molar-refractivity contribution in [2.45, 2.75) is 18.9 Å². The highest BCUT2D eigenvalue weighted by Crippen LogP contribution is 2.35. The number of halogens is 2. The van der Waals surface area contributed by atoms with E-state index in [1.807, 2.05) is 12.1 Å². The molecule has 1 aliphatic rings. The Kier molecular flexibility index (Phi) is 2.84. The van der Waals surface area contributed by atoms with Gasteiger partial charge in [-0.3, -0.25) is 0 Å². The third-order valence-electron chi connectivity index (χ3n) is 3.51. The van der Waals surface area contributed by atoms with Crippen molar-refractivity contribution in [1.82, 2.24) is 0 Å². The van der Waals surface area contributed by atoms with E-state index in [1.165, 1.54) is 23.3 Å². The van der Waals surface area contributed by atoms with Gasteiger partial charge in [-0.2, -0.15) is 0 Å². The van der Waals surface area contributed by atoms with Crippen LogP contribution >= 0.6 is 11.6 Å². The minimum atomic E-state index is -0.272. The highest BCUT2D eigenvalue weighted by Gasteiger charge is 2.19. The average molecular weight is 262 g/mol. The second-order valence-corrected chi connectivity index (χ2v) is 5.09. The number of benzene rings is 2. The summed E-state index contributed by atoms with van der Waals surface area (Å²) in [5.74, 6) is -0.272. The lowest BCUT2D eigenvalue weighted by molar-refractivity contribution is 0.628. The summed E-state index contributed by atoms with van der Waals surface area (Å²) >= 11 is 6.12. The lowest BCUT2D eigenvalue weighted by atomic mass is 10.00. The SMILES string of the molecule is NC1CCc2cc(-c3cc(F)ccc3Cl)ccc21. The second-order valence-electron chi connectivity index (χ2n) is 4.68. The van der Waals surface area contributed by atoms with Crippen molar-refractivity contribution < 1.29 is 4.39 Å². The summed E-state index contributed by atoms with van der Waals surface area (Å²) in [5.41, 5.74) is 10.1. The zero-order valence-electron chi connectivity index (χ0n) is 9.79. The molecule has 1 unspecified atom stereocenters. The van der Waals surface area contributed by atoms with Crippen LogP contribution in [-0.2, 0) is 6.42 Å². The number of rotatable bonds is 1. The van der Waals surface area contributed by atoms with Crippen LogP contribution in [0.2, 0.25) is 5.02 Å². The van der Waals surface area contributed by atoms with Gasteiger partial charge in [-0.1, -0.05) is 29.8 Å². The van der Waals surface area contributed by atoms with Crippen LogP contribution in [-0.4, -0.2) is 0 Å². The highest BCUT2D eigenvalue weighted by molar-refractivity contribution is 6.33. The van der Waals surface area contributed by atoms with Crippen molar-refractivity contribution in [1.29, 1.82) is 0 Å². The fourth-order valence-electron chi connectivity index (χ4n) is 2.54. The predicted octanol–water partition coefficient (Wildman–Crippen LogP) is 4.09. The van der Waals surface area contributed by atoms with Gasteiger partial charge in [0, 0.05) is 16.6 Å². The number of aryl methyl sites for hydroxylation is 1. The van der Waals surface area contributed by atoms with Crippen molar-refractivity contribution in [3.05, 3.63) is 58.4 Å². The number of hydrogen-bond donors (Lipinski definition) is 1. The van der Waals surface area contributed by atoms with Crippen LogP contribution in [0.25, 0.3) is 11.1 Å². The molecule has 0 amide bonds. The lowest BCUT2D eigenvalue weighted by Gasteiger charge is -2.09. The van der Waals surface area contributed by atoms with Crippen LogP contribution in [0.1, 0.15) is 23.6 Å². The van der Waals surface area contributed by atoms with Gasteiger partial charge in [0.25, 0.3) is 0 Å².